The fraction of sp³-hybridized carbons (Fsp3) is 0.222. The van der Waals surface area contributed by atoms with E-state index in [1.165, 1.54) is 30.6 Å². The van der Waals surface area contributed by atoms with Gasteiger partial charge in [0.25, 0.3) is 10.0 Å². The van der Waals surface area contributed by atoms with Crippen LogP contribution in [0, 0.1) is 0 Å². The Morgan fingerprint density at radius 1 is 1.15 bits per heavy atom. The highest BCUT2D eigenvalue weighted by atomic mass is 32.2. The molecule has 3 rings (SSSR count). The van der Waals surface area contributed by atoms with Crippen LogP contribution in [0.4, 0.5) is 0 Å². The Hall–Kier alpha value is -2.65. The first-order valence-electron chi connectivity index (χ1n) is 8.13. The maximum absolute atomic E-state index is 12.7. The van der Waals surface area contributed by atoms with E-state index in [4.69, 9.17) is 9.47 Å². The maximum atomic E-state index is 12.7. The van der Waals surface area contributed by atoms with Crippen molar-refractivity contribution in [2.24, 2.45) is 4.40 Å². The Morgan fingerprint density at radius 2 is 1.85 bits per heavy atom. The van der Waals surface area contributed by atoms with Crippen molar-refractivity contribution in [3.63, 3.8) is 0 Å². The average Bonchev–Trinajstić information content (AvgIpc) is 2.98. The molecule has 0 amide bonds. The molecule has 0 aliphatic rings. The van der Waals surface area contributed by atoms with Gasteiger partial charge < -0.3 is 14.0 Å². The highest BCUT2D eigenvalue weighted by Crippen LogP contribution is 2.20. The van der Waals surface area contributed by atoms with Gasteiger partial charge in [-0.25, -0.2) is 0 Å². The Kier molecular flexibility index (Phi) is 5.62. The number of sulfonamides is 1. The molecule has 0 aliphatic carbocycles. The number of hydrogen-bond acceptors (Lipinski definition) is 6. The molecule has 0 spiro atoms. The number of rotatable bonds is 6. The minimum Gasteiger partial charge on any atom is -0.497 e. The molecule has 1 aromatic heterocycles. The van der Waals surface area contributed by atoms with E-state index in [1.807, 2.05) is 24.3 Å². The summed E-state index contributed by atoms with van der Waals surface area (Å²) < 4.78 is 41.8. The molecule has 2 aromatic carbocycles. The van der Waals surface area contributed by atoms with Gasteiger partial charge in [0.2, 0.25) is 4.80 Å². The summed E-state index contributed by atoms with van der Waals surface area (Å²) in [5.41, 5.74) is 0.722. The van der Waals surface area contributed by atoms with Crippen molar-refractivity contribution >= 4 is 37.5 Å². The SMILES string of the molecule is CCOC(=O)Cn1c(=NS(=O)(=O)c2ccc(OC)cc2)sc2ccccc21. The third kappa shape index (κ3) is 4.20. The lowest BCUT2D eigenvalue weighted by Gasteiger charge is -2.05. The van der Waals surface area contributed by atoms with E-state index in [0.29, 0.717) is 5.75 Å². The van der Waals surface area contributed by atoms with Crippen LogP contribution in [0.1, 0.15) is 6.92 Å². The molecule has 0 atom stereocenters. The molecule has 0 unspecified atom stereocenters. The van der Waals surface area contributed by atoms with E-state index in [2.05, 4.69) is 4.40 Å². The van der Waals surface area contributed by atoms with Crippen molar-refractivity contribution in [2.45, 2.75) is 18.4 Å². The van der Waals surface area contributed by atoms with Gasteiger partial charge in [-0.3, -0.25) is 4.79 Å². The van der Waals surface area contributed by atoms with E-state index in [9.17, 15) is 13.2 Å². The molecule has 0 bridgehead atoms. The van der Waals surface area contributed by atoms with E-state index in [-0.39, 0.29) is 22.8 Å². The van der Waals surface area contributed by atoms with Crippen molar-refractivity contribution in [2.75, 3.05) is 13.7 Å². The van der Waals surface area contributed by atoms with Crippen molar-refractivity contribution in [1.82, 2.24) is 4.57 Å². The van der Waals surface area contributed by atoms with Crippen LogP contribution in [-0.4, -0.2) is 32.7 Å². The Morgan fingerprint density at radius 3 is 2.52 bits per heavy atom. The van der Waals surface area contributed by atoms with Gasteiger partial charge >= 0.3 is 5.97 Å². The third-order valence-electron chi connectivity index (χ3n) is 3.74. The quantitative estimate of drug-likeness (QED) is 0.587. The van der Waals surface area contributed by atoms with E-state index < -0.39 is 16.0 Å². The van der Waals surface area contributed by atoms with E-state index >= 15 is 0 Å². The summed E-state index contributed by atoms with van der Waals surface area (Å²) in [7, 11) is -2.45. The van der Waals surface area contributed by atoms with Gasteiger partial charge in [0.15, 0.2) is 0 Å². The minimum atomic E-state index is -3.95. The number of ether oxygens (including phenoxy) is 2. The van der Waals surface area contributed by atoms with Gasteiger partial charge in [0.05, 0.1) is 28.8 Å². The molecular formula is C18H18N2O5S2. The monoisotopic (exact) mass is 406 g/mol. The molecule has 0 saturated heterocycles. The number of aromatic nitrogens is 1. The zero-order valence-electron chi connectivity index (χ0n) is 14.8. The van der Waals surface area contributed by atoms with Gasteiger partial charge in [-0.2, -0.15) is 8.42 Å². The lowest BCUT2D eigenvalue weighted by atomic mass is 10.3. The van der Waals surface area contributed by atoms with E-state index in [1.54, 1.807) is 23.6 Å². The summed E-state index contributed by atoms with van der Waals surface area (Å²) in [6.45, 7) is 1.85. The van der Waals surface area contributed by atoms with Crippen molar-refractivity contribution in [1.29, 1.82) is 0 Å². The normalized spacial score (nSPS) is 12.3. The van der Waals surface area contributed by atoms with Crippen LogP contribution in [0.25, 0.3) is 10.2 Å². The maximum Gasteiger partial charge on any atom is 0.326 e. The molecule has 0 fully saturated rings. The summed E-state index contributed by atoms with van der Waals surface area (Å²) in [6, 6.07) is 13.3. The summed E-state index contributed by atoms with van der Waals surface area (Å²) in [4.78, 5) is 12.2. The van der Waals surface area contributed by atoms with Gasteiger partial charge in [0.1, 0.15) is 12.3 Å². The number of thiazole rings is 1. The predicted molar refractivity (Wildman–Crippen MR) is 102 cm³/mol. The molecule has 1 heterocycles. The summed E-state index contributed by atoms with van der Waals surface area (Å²) >= 11 is 1.20. The number of fused-ring (bicyclic) bond motifs is 1. The molecule has 27 heavy (non-hydrogen) atoms. The highest BCUT2D eigenvalue weighted by Gasteiger charge is 2.16. The van der Waals surface area contributed by atoms with Crippen molar-refractivity contribution in [3.05, 3.63) is 53.3 Å². The van der Waals surface area contributed by atoms with Crippen molar-refractivity contribution in [3.8, 4) is 5.75 Å². The van der Waals surface area contributed by atoms with Crippen LogP contribution in [0.2, 0.25) is 0 Å². The van der Waals surface area contributed by atoms with Crippen molar-refractivity contribution < 1.29 is 22.7 Å². The fourth-order valence-electron chi connectivity index (χ4n) is 2.48. The molecule has 0 saturated carbocycles. The molecule has 0 radical (unpaired) electrons. The zero-order valence-corrected chi connectivity index (χ0v) is 16.4. The number of carbonyl (C=O) groups is 1. The molecule has 0 N–H and O–H groups in total. The van der Waals surface area contributed by atoms with Crippen LogP contribution in [0.15, 0.2) is 57.8 Å². The summed E-state index contributed by atoms with van der Waals surface area (Å²) in [5, 5.41) is 0. The second-order valence-corrected chi connectivity index (χ2v) is 8.10. The number of esters is 1. The first kappa shape index (κ1) is 19.1. The first-order chi connectivity index (χ1) is 12.9. The second-order valence-electron chi connectivity index (χ2n) is 5.49. The molecule has 0 aliphatic heterocycles. The standard InChI is InChI=1S/C18H18N2O5S2/c1-3-25-17(21)12-20-15-6-4-5-7-16(15)26-18(20)19-27(22,23)14-10-8-13(24-2)9-11-14/h4-11H,3,12H2,1-2H3. The van der Waals surface area contributed by atoms with Gasteiger partial charge in [-0.05, 0) is 43.3 Å². The summed E-state index contributed by atoms with van der Waals surface area (Å²) in [6.07, 6.45) is 0. The molecular weight excluding hydrogens is 388 g/mol. The number of carbonyl (C=O) groups excluding carboxylic acids is 1. The number of methoxy groups -OCH3 is 1. The van der Waals surface area contributed by atoms with Crippen LogP contribution in [0.3, 0.4) is 0 Å². The largest absolute Gasteiger partial charge is 0.497 e. The van der Waals surface area contributed by atoms with Gasteiger partial charge in [-0.1, -0.05) is 23.5 Å². The molecule has 7 nitrogen and oxygen atoms in total. The smallest absolute Gasteiger partial charge is 0.326 e. The minimum absolute atomic E-state index is 0.0449. The number of para-hydroxylation sites is 1. The Bertz CT molecular complexity index is 1130. The summed E-state index contributed by atoms with van der Waals surface area (Å²) in [5.74, 6) is 0.0949. The first-order valence-corrected chi connectivity index (χ1v) is 10.4. The molecule has 9 heteroatoms. The fourth-order valence-corrected chi connectivity index (χ4v) is 4.71. The Balaban J connectivity index is 2.12. The number of nitrogens with zero attached hydrogens (tertiary/aromatic N) is 2. The average molecular weight is 406 g/mol. The molecule has 3 aromatic rings. The van der Waals surface area contributed by atoms with Crippen LogP contribution in [-0.2, 0) is 26.1 Å². The second kappa shape index (κ2) is 7.93. The molecule has 142 valence electrons. The van der Waals surface area contributed by atoms with E-state index in [0.717, 1.165) is 10.2 Å². The van der Waals surface area contributed by atoms with Gasteiger partial charge in [-0.15, -0.1) is 4.40 Å². The van der Waals surface area contributed by atoms with Crippen LogP contribution >= 0.6 is 11.3 Å². The number of benzene rings is 2. The third-order valence-corrected chi connectivity index (χ3v) is 6.19. The topological polar surface area (TPSA) is 87.0 Å². The highest BCUT2D eigenvalue weighted by molar-refractivity contribution is 7.90. The van der Waals surface area contributed by atoms with Gasteiger partial charge in [0, 0.05) is 0 Å². The predicted octanol–water partition coefficient (Wildman–Crippen LogP) is 2.56. The van der Waals surface area contributed by atoms with Crippen LogP contribution < -0.4 is 9.54 Å². The number of hydrogen-bond donors (Lipinski definition) is 0. The van der Waals surface area contributed by atoms with Crippen LogP contribution in [0.5, 0.6) is 5.75 Å². The lowest BCUT2D eigenvalue weighted by molar-refractivity contribution is -0.143. The Labute approximate surface area is 160 Å². The zero-order chi connectivity index (χ0) is 19.4. The lowest BCUT2D eigenvalue weighted by Crippen LogP contribution is -2.23.